The highest BCUT2D eigenvalue weighted by Crippen LogP contribution is 2.56. The summed E-state index contributed by atoms with van der Waals surface area (Å²) in [6.45, 7) is 10.3. The van der Waals surface area contributed by atoms with Gasteiger partial charge in [-0.05, 0) is 97.8 Å². The molecule has 4 fully saturated rings. The van der Waals surface area contributed by atoms with Crippen LogP contribution in [-0.2, 0) is 19.1 Å². The average molecular weight is 778 g/mol. The number of aromatic nitrogens is 4. The maximum Gasteiger partial charge on any atom is 0.407 e. The molecule has 3 N–H and O–H groups in total. The topological polar surface area (TPSA) is 146 Å². The molecule has 3 saturated heterocycles. The summed E-state index contributed by atoms with van der Waals surface area (Å²) in [6.07, 6.45) is 17.4. The van der Waals surface area contributed by atoms with Gasteiger partial charge in [-0.15, -0.1) is 0 Å². The number of rotatable bonds is 10. The van der Waals surface area contributed by atoms with Crippen LogP contribution in [0.15, 0.2) is 48.8 Å². The molecule has 3 amide bonds. The molecular formula is C45H59N7O5. The van der Waals surface area contributed by atoms with E-state index in [4.69, 9.17) is 19.4 Å². The molecule has 57 heavy (non-hydrogen) atoms. The van der Waals surface area contributed by atoms with E-state index < -0.39 is 12.1 Å². The number of ether oxygens (including phenoxy) is 2. The van der Waals surface area contributed by atoms with Crippen molar-refractivity contribution in [2.45, 2.75) is 116 Å². The van der Waals surface area contributed by atoms with Gasteiger partial charge in [0.2, 0.25) is 11.8 Å². The average Bonchev–Trinajstić information content (AvgIpc) is 4.06. The zero-order chi connectivity index (χ0) is 39.8. The fourth-order valence-electron chi connectivity index (χ4n) is 10.4. The summed E-state index contributed by atoms with van der Waals surface area (Å²) in [5, 5.41) is 2.73. The van der Waals surface area contributed by atoms with Gasteiger partial charge in [0.25, 0.3) is 0 Å². The van der Waals surface area contributed by atoms with Crippen LogP contribution in [-0.4, -0.2) is 86.1 Å². The summed E-state index contributed by atoms with van der Waals surface area (Å²) >= 11 is 0. The van der Waals surface area contributed by atoms with Crippen LogP contribution in [0.25, 0.3) is 22.4 Å². The van der Waals surface area contributed by atoms with Gasteiger partial charge < -0.3 is 34.6 Å². The predicted octanol–water partition coefficient (Wildman–Crippen LogP) is 8.00. The second kappa shape index (κ2) is 16.3. The van der Waals surface area contributed by atoms with Gasteiger partial charge in [0.05, 0.1) is 48.6 Å². The Morgan fingerprint density at radius 3 is 2.14 bits per heavy atom. The molecule has 5 aliphatic rings. The van der Waals surface area contributed by atoms with E-state index in [2.05, 4.69) is 65.5 Å². The van der Waals surface area contributed by atoms with E-state index in [1.54, 1.807) is 0 Å². The first-order valence-electron chi connectivity index (χ1n) is 21.3. The van der Waals surface area contributed by atoms with Gasteiger partial charge in [0.15, 0.2) is 0 Å². The largest absolute Gasteiger partial charge is 0.453 e. The number of benzene rings is 1. The summed E-state index contributed by atoms with van der Waals surface area (Å²) in [6, 6.07) is 7.91. The Kier molecular flexibility index (Phi) is 11.2. The number of aromatic amines is 2. The normalized spacial score (nSPS) is 26.5. The number of allylic oxidation sites excluding steroid dienone is 3. The second-order valence-electron chi connectivity index (χ2n) is 17.6. The molecular weight excluding hydrogens is 719 g/mol. The number of carbonyl (C=O) groups excluding carboxylic acids is 3. The number of likely N-dealkylation sites (tertiary alicyclic amines) is 2. The Balaban J connectivity index is 1.04. The van der Waals surface area contributed by atoms with Crippen molar-refractivity contribution in [1.82, 2.24) is 35.1 Å². The first-order valence-corrected chi connectivity index (χ1v) is 21.3. The SMILES string of the molecule is COC(=O)NC(C(=O)N1CCCC1c1ncc(-c2ccc(C3=CC=C(c4cnc(C5CCCN5C(=O)CC(C)C)[nH]4)C4CCCC5(CCCO5)C34)cc2)[nH]1)C(C)C. The molecule has 6 unspecified atom stereocenters. The van der Waals surface area contributed by atoms with E-state index in [0.29, 0.717) is 18.9 Å². The highest BCUT2D eigenvalue weighted by molar-refractivity contribution is 5.86. The monoisotopic (exact) mass is 777 g/mol. The number of hydrogen-bond acceptors (Lipinski definition) is 7. The minimum atomic E-state index is -0.677. The molecule has 3 aromatic rings. The summed E-state index contributed by atoms with van der Waals surface area (Å²) in [5.74, 6) is 2.50. The molecule has 0 bridgehead atoms. The van der Waals surface area contributed by atoms with Crippen molar-refractivity contribution in [3.8, 4) is 11.3 Å². The van der Waals surface area contributed by atoms with Crippen molar-refractivity contribution in [1.29, 1.82) is 0 Å². The van der Waals surface area contributed by atoms with Crippen LogP contribution in [0, 0.1) is 23.7 Å². The van der Waals surface area contributed by atoms with E-state index in [1.807, 2.05) is 36.0 Å². The fraction of sp³-hybridized carbons (Fsp3) is 0.578. The van der Waals surface area contributed by atoms with Crippen molar-refractivity contribution in [2.24, 2.45) is 23.7 Å². The van der Waals surface area contributed by atoms with Gasteiger partial charge in [-0.3, -0.25) is 9.59 Å². The van der Waals surface area contributed by atoms with E-state index in [-0.39, 0.29) is 47.3 Å². The van der Waals surface area contributed by atoms with Crippen molar-refractivity contribution in [3.05, 3.63) is 71.7 Å². The zero-order valence-electron chi connectivity index (χ0n) is 34.2. The lowest BCUT2D eigenvalue weighted by Crippen LogP contribution is -2.51. The minimum absolute atomic E-state index is 0.00331. The molecule has 1 aromatic carbocycles. The smallest absolute Gasteiger partial charge is 0.407 e. The van der Waals surface area contributed by atoms with Crippen LogP contribution in [0.3, 0.4) is 0 Å². The molecule has 1 saturated carbocycles. The van der Waals surface area contributed by atoms with Crippen LogP contribution in [0.4, 0.5) is 4.79 Å². The van der Waals surface area contributed by atoms with E-state index in [0.717, 1.165) is 99.5 Å². The Labute approximate surface area is 336 Å². The summed E-state index contributed by atoms with van der Waals surface area (Å²) in [7, 11) is 1.31. The number of H-pyrrole nitrogens is 2. The van der Waals surface area contributed by atoms with Gasteiger partial charge in [-0.1, -0.05) is 64.1 Å². The molecule has 304 valence electrons. The summed E-state index contributed by atoms with van der Waals surface area (Å²) < 4.78 is 11.6. The third kappa shape index (κ3) is 7.57. The Morgan fingerprint density at radius 2 is 1.47 bits per heavy atom. The standard InChI is InChI=1S/C45H59N7O5/c1-27(2)24-38(53)51-21-7-11-36(51)41-47-26-35(49-41)32-18-17-31(39-33(32)10-6-19-45(39)20-9-23-57-45)29-13-15-30(16-14-29)34-25-46-42(48-34)37-12-8-22-52(37)43(54)40(28(3)4)50-44(55)56-5/h13-18,25-28,33,36-37,39-40H,6-12,19-24H2,1-5H3,(H,46,48)(H,47,49)(H,50,55). The van der Waals surface area contributed by atoms with Gasteiger partial charge in [0.1, 0.15) is 17.7 Å². The number of fused-ring (bicyclic) bond motifs is 2. The maximum atomic E-state index is 13.7. The van der Waals surface area contributed by atoms with Crippen LogP contribution in [0.1, 0.15) is 127 Å². The number of alkyl carbamates (subject to hydrolysis) is 1. The van der Waals surface area contributed by atoms with Crippen LogP contribution >= 0.6 is 0 Å². The Bertz CT molecular complexity index is 2000. The van der Waals surface area contributed by atoms with Crippen molar-refractivity contribution in [3.63, 3.8) is 0 Å². The highest BCUT2D eigenvalue weighted by atomic mass is 16.5. The van der Waals surface area contributed by atoms with Crippen molar-refractivity contribution >= 4 is 29.1 Å². The third-order valence-corrected chi connectivity index (χ3v) is 13.1. The lowest BCUT2D eigenvalue weighted by atomic mass is 9.59. The predicted molar refractivity (Wildman–Crippen MR) is 218 cm³/mol. The number of carbonyl (C=O) groups is 3. The third-order valence-electron chi connectivity index (χ3n) is 13.1. The summed E-state index contributed by atoms with van der Waals surface area (Å²) in [4.78, 5) is 59.6. The Hall–Kier alpha value is -4.71. The van der Waals surface area contributed by atoms with Crippen LogP contribution in [0.5, 0.6) is 0 Å². The lowest BCUT2D eigenvalue weighted by molar-refractivity contribution is -0.135. The first-order chi connectivity index (χ1) is 27.6. The first kappa shape index (κ1) is 39.1. The molecule has 6 atom stereocenters. The molecule has 12 nitrogen and oxygen atoms in total. The van der Waals surface area contributed by atoms with E-state index >= 15 is 0 Å². The molecule has 2 aromatic heterocycles. The molecule has 0 radical (unpaired) electrons. The molecule has 12 heteroatoms. The zero-order valence-corrected chi connectivity index (χ0v) is 34.2. The molecule has 3 aliphatic heterocycles. The molecule has 1 spiro atoms. The van der Waals surface area contributed by atoms with Crippen molar-refractivity contribution in [2.75, 3.05) is 26.8 Å². The van der Waals surface area contributed by atoms with E-state index in [9.17, 15) is 14.4 Å². The quantitative estimate of drug-likeness (QED) is 0.189. The number of nitrogens with zero attached hydrogens (tertiary/aromatic N) is 4. The van der Waals surface area contributed by atoms with Gasteiger partial charge in [0, 0.05) is 32.0 Å². The minimum Gasteiger partial charge on any atom is -0.453 e. The van der Waals surface area contributed by atoms with Gasteiger partial charge >= 0.3 is 6.09 Å². The van der Waals surface area contributed by atoms with Gasteiger partial charge in [-0.2, -0.15) is 0 Å². The molecule has 2 aliphatic carbocycles. The number of hydrogen-bond donors (Lipinski definition) is 3. The number of nitrogens with one attached hydrogen (secondary N) is 3. The highest BCUT2D eigenvalue weighted by Gasteiger charge is 2.52. The molecule has 5 heterocycles. The maximum absolute atomic E-state index is 13.7. The summed E-state index contributed by atoms with van der Waals surface area (Å²) in [5.41, 5.74) is 6.60. The van der Waals surface area contributed by atoms with Crippen LogP contribution < -0.4 is 5.32 Å². The van der Waals surface area contributed by atoms with Crippen LogP contribution in [0.2, 0.25) is 0 Å². The number of amides is 3. The number of imidazole rings is 2. The number of methoxy groups -OCH3 is 1. The van der Waals surface area contributed by atoms with E-state index in [1.165, 1.54) is 23.8 Å². The van der Waals surface area contributed by atoms with Crippen molar-refractivity contribution < 1.29 is 23.9 Å². The Morgan fingerprint density at radius 1 is 0.842 bits per heavy atom. The van der Waals surface area contributed by atoms with Gasteiger partial charge in [-0.25, -0.2) is 14.8 Å². The molecule has 8 rings (SSSR count). The lowest BCUT2D eigenvalue weighted by Gasteiger charge is -2.48. The second-order valence-corrected chi connectivity index (χ2v) is 17.6. The fourth-order valence-corrected chi connectivity index (χ4v) is 10.4.